The molecule has 0 aromatic carbocycles. The van der Waals surface area contributed by atoms with E-state index in [0.717, 1.165) is 13.2 Å². The molecular weight excluding hydrogens is 325 g/mol. The largest absolute Gasteiger partial charge is 0.575 e. The van der Waals surface area contributed by atoms with Crippen molar-refractivity contribution >= 4 is 21.7 Å². The number of nitrogens with zero attached hydrogens (tertiary/aromatic N) is 2. The molecule has 100 valence electrons. The number of alkyl halides is 4. The lowest BCUT2D eigenvalue weighted by Crippen LogP contribution is -2.19. The Kier molecular flexibility index (Phi) is 4.33. The molecule has 0 saturated carbocycles. The van der Waals surface area contributed by atoms with Crippen molar-refractivity contribution < 1.29 is 27.6 Å². The van der Waals surface area contributed by atoms with Crippen LogP contribution in [0.25, 0.3) is 0 Å². The lowest BCUT2D eigenvalue weighted by Gasteiger charge is -2.09. The number of rotatable bonds is 4. The Morgan fingerprint density at radius 3 is 2.56 bits per heavy atom. The van der Waals surface area contributed by atoms with Crippen LogP contribution in [-0.4, -0.2) is 23.4 Å². The van der Waals surface area contributed by atoms with Gasteiger partial charge in [-0.25, -0.2) is 0 Å². The molecule has 0 atom stereocenters. The van der Waals surface area contributed by atoms with Crippen molar-refractivity contribution in [2.45, 2.75) is 11.7 Å². The van der Waals surface area contributed by atoms with E-state index >= 15 is 0 Å². The summed E-state index contributed by atoms with van der Waals surface area (Å²) in [5.41, 5.74) is 0.0753. The van der Waals surface area contributed by atoms with Crippen LogP contribution >= 0.6 is 15.9 Å². The minimum Gasteiger partial charge on any atom is -0.489 e. The third-order valence-electron chi connectivity index (χ3n) is 1.76. The predicted molar refractivity (Wildman–Crippen MR) is 56.8 cm³/mol. The lowest BCUT2D eigenvalue weighted by atomic mass is 10.3. The molecule has 0 spiro atoms. The molecule has 1 rings (SSSR count). The molecule has 18 heavy (non-hydrogen) atoms. The SMILES string of the molecule is COc1cc(CBr)c([N+](=O)[O-])nc1OC(F)(F)F. The minimum absolute atomic E-state index is 0.0406. The fraction of sp³-hybridized carbons (Fsp3) is 0.375. The van der Waals surface area contributed by atoms with E-state index in [1.807, 2.05) is 0 Å². The molecule has 0 saturated heterocycles. The third kappa shape index (κ3) is 3.45. The Bertz CT molecular complexity index is 466. The van der Waals surface area contributed by atoms with Gasteiger partial charge in [-0.15, -0.1) is 13.2 Å². The van der Waals surface area contributed by atoms with Crippen molar-refractivity contribution in [3.8, 4) is 11.6 Å². The quantitative estimate of drug-likeness (QED) is 0.482. The van der Waals surface area contributed by atoms with Crippen LogP contribution in [0.3, 0.4) is 0 Å². The summed E-state index contributed by atoms with van der Waals surface area (Å²) in [6, 6.07) is 1.06. The Labute approximate surface area is 107 Å². The Balaban J connectivity index is 3.32. The van der Waals surface area contributed by atoms with E-state index in [2.05, 4.69) is 30.4 Å². The first-order valence-electron chi connectivity index (χ1n) is 4.32. The number of nitro groups is 1. The molecule has 6 nitrogen and oxygen atoms in total. The normalized spacial score (nSPS) is 11.2. The van der Waals surface area contributed by atoms with E-state index in [4.69, 9.17) is 0 Å². The smallest absolute Gasteiger partial charge is 0.489 e. The first-order valence-corrected chi connectivity index (χ1v) is 5.44. The van der Waals surface area contributed by atoms with Crippen molar-refractivity contribution in [1.29, 1.82) is 0 Å². The number of aromatic nitrogens is 1. The summed E-state index contributed by atoms with van der Waals surface area (Å²) >= 11 is 2.96. The summed E-state index contributed by atoms with van der Waals surface area (Å²) in [7, 11) is 1.10. The minimum atomic E-state index is -5.01. The van der Waals surface area contributed by atoms with Gasteiger partial charge in [0.1, 0.15) is 0 Å². The zero-order valence-corrected chi connectivity index (χ0v) is 10.4. The van der Waals surface area contributed by atoms with E-state index in [0.29, 0.717) is 0 Å². The molecule has 0 aliphatic carbocycles. The van der Waals surface area contributed by atoms with Gasteiger partial charge in [0.2, 0.25) is 5.75 Å². The highest BCUT2D eigenvalue weighted by Crippen LogP contribution is 2.35. The average molecular weight is 331 g/mol. The van der Waals surface area contributed by atoms with Crippen LogP contribution in [0.15, 0.2) is 6.07 Å². The van der Waals surface area contributed by atoms with Crippen molar-refractivity contribution in [3.63, 3.8) is 0 Å². The first kappa shape index (κ1) is 14.5. The molecule has 1 aromatic heterocycles. The van der Waals surface area contributed by atoms with Crippen LogP contribution < -0.4 is 9.47 Å². The number of ether oxygens (including phenoxy) is 2. The molecule has 0 radical (unpaired) electrons. The molecule has 0 aliphatic heterocycles. The van der Waals surface area contributed by atoms with E-state index in [1.54, 1.807) is 0 Å². The molecule has 1 heterocycles. The number of pyridine rings is 1. The monoisotopic (exact) mass is 330 g/mol. The van der Waals surface area contributed by atoms with E-state index < -0.39 is 23.0 Å². The molecule has 0 fully saturated rings. The molecule has 10 heteroatoms. The van der Waals surface area contributed by atoms with Gasteiger partial charge in [0.05, 0.1) is 12.7 Å². The Hall–Kier alpha value is -1.58. The molecule has 0 N–H and O–H groups in total. The molecule has 0 aliphatic rings. The Morgan fingerprint density at radius 1 is 1.56 bits per heavy atom. The number of hydrogen-bond donors (Lipinski definition) is 0. The van der Waals surface area contributed by atoms with Crippen LogP contribution in [-0.2, 0) is 5.33 Å². The van der Waals surface area contributed by atoms with Gasteiger partial charge in [0.15, 0.2) is 0 Å². The second-order valence-corrected chi connectivity index (χ2v) is 3.48. The van der Waals surface area contributed by atoms with Gasteiger partial charge in [-0.1, -0.05) is 15.9 Å². The van der Waals surface area contributed by atoms with Crippen LogP contribution in [0.2, 0.25) is 0 Å². The van der Waals surface area contributed by atoms with Crippen molar-refractivity contribution in [2.24, 2.45) is 0 Å². The second kappa shape index (κ2) is 5.38. The van der Waals surface area contributed by atoms with Gasteiger partial charge in [-0.3, -0.25) is 0 Å². The van der Waals surface area contributed by atoms with E-state index in [9.17, 15) is 23.3 Å². The molecular formula is C8H6BrF3N2O4. The predicted octanol–water partition coefficient (Wildman–Crippen LogP) is 2.79. The van der Waals surface area contributed by atoms with Crippen LogP contribution in [0.4, 0.5) is 19.0 Å². The summed E-state index contributed by atoms with van der Waals surface area (Å²) < 4.78 is 44.4. The van der Waals surface area contributed by atoms with Crippen molar-refractivity contribution in [2.75, 3.05) is 7.11 Å². The molecule has 0 amide bonds. The maximum atomic E-state index is 12.1. The summed E-state index contributed by atoms with van der Waals surface area (Å²) in [6.07, 6.45) is -5.01. The maximum Gasteiger partial charge on any atom is 0.575 e. The number of hydrogen-bond acceptors (Lipinski definition) is 5. The number of halogens is 4. The highest BCUT2D eigenvalue weighted by molar-refractivity contribution is 9.08. The zero-order chi connectivity index (χ0) is 13.9. The highest BCUT2D eigenvalue weighted by atomic mass is 79.9. The molecule has 1 aromatic rings. The molecule has 0 unspecified atom stereocenters. The van der Waals surface area contributed by atoms with Gasteiger partial charge < -0.3 is 19.6 Å². The van der Waals surface area contributed by atoms with Crippen molar-refractivity contribution in [3.05, 3.63) is 21.7 Å². The summed E-state index contributed by atoms with van der Waals surface area (Å²) in [5, 5.41) is 10.7. The van der Waals surface area contributed by atoms with E-state index in [1.165, 1.54) is 0 Å². The van der Waals surface area contributed by atoms with Crippen LogP contribution in [0.5, 0.6) is 11.6 Å². The summed E-state index contributed by atoms with van der Waals surface area (Å²) in [5.74, 6) is -2.07. The van der Waals surface area contributed by atoms with Crippen LogP contribution in [0.1, 0.15) is 5.56 Å². The standard InChI is InChI=1S/C8H6BrF3N2O4/c1-17-5-2-4(3-9)6(14(15)16)13-7(5)18-8(10,11)12/h2H,3H2,1H3. The van der Waals surface area contributed by atoms with Gasteiger partial charge >= 0.3 is 18.1 Å². The molecule has 0 bridgehead atoms. The fourth-order valence-electron chi connectivity index (χ4n) is 1.09. The van der Waals surface area contributed by atoms with Crippen LogP contribution in [0, 0.1) is 10.1 Å². The van der Waals surface area contributed by atoms with Gasteiger partial charge in [-0.05, 0) is 4.92 Å². The summed E-state index contributed by atoms with van der Waals surface area (Å²) in [6.45, 7) is 0. The average Bonchev–Trinajstić information content (AvgIpc) is 2.26. The van der Waals surface area contributed by atoms with Gasteiger partial charge in [-0.2, -0.15) is 0 Å². The topological polar surface area (TPSA) is 74.5 Å². The van der Waals surface area contributed by atoms with Gasteiger partial charge in [0, 0.05) is 16.4 Å². The highest BCUT2D eigenvalue weighted by Gasteiger charge is 2.37. The van der Waals surface area contributed by atoms with Crippen molar-refractivity contribution in [1.82, 2.24) is 4.98 Å². The summed E-state index contributed by atoms with van der Waals surface area (Å²) in [4.78, 5) is 12.9. The second-order valence-electron chi connectivity index (χ2n) is 2.92. The first-order chi connectivity index (χ1) is 8.28. The number of methoxy groups -OCH3 is 1. The third-order valence-corrected chi connectivity index (χ3v) is 2.36. The van der Waals surface area contributed by atoms with Gasteiger partial charge in [0.25, 0.3) is 0 Å². The Morgan fingerprint density at radius 2 is 2.17 bits per heavy atom. The lowest BCUT2D eigenvalue weighted by molar-refractivity contribution is -0.390. The zero-order valence-electron chi connectivity index (χ0n) is 8.82. The maximum absolute atomic E-state index is 12.1. The fourth-order valence-corrected chi connectivity index (χ4v) is 1.51. The van der Waals surface area contributed by atoms with E-state index in [-0.39, 0.29) is 16.6 Å².